The number of amides is 4. The van der Waals surface area contributed by atoms with Crippen molar-refractivity contribution in [2.45, 2.75) is 146 Å². The Morgan fingerprint density at radius 3 is 2.48 bits per heavy atom. The van der Waals surface area contributed by atoms with E-state index in [1.165, 1.54) is 16.2 Å². The van der Waals surface area contributed by atoms with Crippen molar-refractivity contribution in [1.29, 1.82) is 0 Å². The smallest absolute Gasteiger partial charge is 0.408 e. The predicted molar refractivity (Wildman–Crippen MR) is 245 cm³/mol. The fourth-order valence-electron chi connectivity index (χ4n) is 8.78. The third-order valence-corrected chi connectivity index (χ3v) is 15.8. The molecule has 0 bridgehead atoms. The average molecular weight is 914 g/mol. The van der Waals surface area contributed by atoms with Crippen LogP contribution < -0.4 is 20.1 Å². The minimum absolute atomic E-state index is 0.0287. The van der Waals surface area contributed by atoms with Crippen molar-refractivity contribution in [3.63, 3.8) is 0 Å². The molecular weight excluding hydrogens is 855 g/mol. The van der Waals surface area contributed by atoms with Gasteiger partial charge in [0, 0.05) is 34.9 Å². The minimum Gasteiger partial charge on any atom is -0.459 e. The molecule has 4 aromatic rings. The molecule has 4 heterocycles. The van der Waals surface area contributed by atoms with Gasteiger partial charge in [0.25, 0.3) is 11.9 Å². The van der Waals surface area contributed by atoms with Gasteiger partial charge in [-0.2, -0.15) is 4.98 Å². The van der Waals surface area contributed by atoms with Gasteiger partial charge in [0.2, 0.25) is 21.8 Å². The van der Waals surface area contributed by atoms with Gasteiger partial charge in [0.15, 0.2) is 0 Å². The van der Waals surface area contributed by atoms with E-state index >= 15 is 0 Å². The second-order valence-electron chi connectivity index (χ2n) is 19.3. The zero-order valence-corrected chi connectivity index (χ0v) is 39.2. The van der Waals surface area contributed by atoms with Crippen LogP contribution in [0.2, 0.25) is 0 Å². The summed E-state index contributed by atoms with van der Waals surface area (Å²) in [5.74, 6) is -2.37. The molecule has 5 atom stereocenters. The molecule has 4 aliphatic rings. The third kappa shape index (κ3) is 9.15. The first kappa shape index (κ1) is 45.3. The number of aromatic nitrogens is 3. The molecule has 8 rings (SSSR count). The van der Waals surface area contributed by atoms with Gasteiger partial charge in [-0.25, -0.2) is 18.2 Å². The maximum atomic E-state index is 14.8. The van der Waals surface area contributed by atoms with Gasteiger partial charge in [-0.3, -0.25) is 23.7 Å². The van der Waals surface area contributed by atoms with Gasteiger partial charge in [-0.05, 0) is 105 Å². The topological polar surface area (TPSA) is 191 Å². The van der Waals surface area contributed by atoms with Gasteiger partial charge >= 0.3 is 6.09 Å². The molecule has 2 aromatic heterocycles. The first-order valence-corrected chi connectivity index (χ1v) is 24.7. The lowest BCUT2D eigenvalue weighted by Gasteiger charge is -2.30. The summed E-state index contributed by atoms with van der Waals surface area (Å²) >= 11 is 1.53. The first-order chi connectivity index (χ1) is 30.3. The number of thiazole rings is 1. The number of nitrogens with one attached hydrogen (secondary N) is 3. The molecule has 342 valence electrons. The van der Waals surface area contributed by atoms with Crippen molar-refractivity contribution in [3.8, 4) is 27.8 Å². The quantitative estimate of drug-likeness (QED) is 0.143. The Balaban J connectivity index is 1.12. The maximum Gasteiger partial charge on any atom is 0.408 e. The lowest BCUT2D eigenvalue weighted by atomic mass is 10.0. The largest absolute Gasteiger partial charge is 0.459 e. The Labute approximate surface area is 378 Å². The van der Waals surface area contributed by atoms with E-state index in [0.717, 1.165) is 45.8 Å². The Morgan fingerprint density at radius 2 is 1.77 bits per heavy atom. The number of rotatable bonds is 9. The number of para-hydroxylation sites is 1. The highest BCUT2D eigenvalue weighted by molar-refractivity contribution is 7.91. The molecule has 2 aromatic carbocycles. The standard InChI is InChI=1S/C47H59N7O8S2/c1-28(2)54-36-21-15-19-33(40-48-35(27-63-40)32-18-14-13-16-29(32)3)38(36)50-43(54)61-31-24-37-39(55)51-47(42(57)52-64(59,60)46(7)22-23-46)25-30(47)17-11-9-8-10-12-20-34(41(56)53(37)26-31)49-44(58)62-45(4,5)6/h11,13-19,21,27-28,30-31,34,37H,8-10,12,20,22-26H2,1-7H3,(H,49,58)(H,51,55)(H,52,57)/t30-,31-,34+,37+,47-/m1/s1. The van der Waals surface area contributed by atoms with Crippen LogP contribution in [0.25, 0.3) is 32.9 Å². The van der Waals surface area contributed by atoms with Crippen LogP contribution in [0.15, 0.2) is 60.0 Å². The van der Waals surface area contributed by atoms with Gasteiger partial charge in [-0.1, -0.05) is 55.3 Å². The number of sulfonamides is 1. The molecule has 1 saturated heterocycles. The van der Waals surface area contributed by atoms with E-state index in [4.69, 9.17) is 19.4 Å². The first-order valence-electron chi connectivity index (χ1n) is 22.3. The highest BCUT2D eigenvalue weighted by Gasteiger charge is 2.63. The van der Waals surface area contributed by atoms with Gasteiger partial charge in [0.05, 0.1) is 22.5 Å². The van der Waals surface area contributed by atoms with E-state index in [0.29, 0.717) is 43.6 Å². The summed E-state index contributed by atoms with van der Waals surface area (Å²) in [6.45, 7) is 12.9. The number of carbonyl (C=O) groups excluding carboxylic acids is 4. The van der Waals surface area contributed by atoms with E-state index < -0.39 is 73.8 Å². The Hall–Kier alpha value is -5.29. The average Bonchev–Trinajstić information content (AvgIpc) is 3.90. The lowest BCUT2D eigenvalue weighted by molar-refractivity contribution is -0.141. The van der Waals surface area contributed by atoms with Crippen LogP contribution >= 0.6 is 11.3 Å². The number of aryl methyl sites for hydroxylation is 1. The number of carbonyl (C=O) groups is 4. The van der Waals surface area contributed by atoms with Crippen molar-refractivity contribution >= 4 is 56.2 Å². The molecule has 3 N–H and O–H groups in total. The van der Waals surface area contributed by atoms with E-state index in [1.807, 2.05) is 66.3 Å². The summed E-state index contributed by atoms with van der Waals surface area (Å²) in [5, 5.41) is 8.56. The molecule has 64 heavy (non-hydrogen) atoms. The zero-order valence-electron chi connectivity index (χ0n) is 37.6. The monoisotopic (exact) mass is 913 g/mol. The summed E-state index contributed by atoms with van der Waals surface area (Å²) in [5.41, 5.74) is 3.05. The Kier molecular flexibility index (Phi) is 12.2. The van der Waals surface area contributed by atoms with Crippen LogP contribution in [0.5, 0.6) is 6.01 Å². The number of nitrogens with zero attached hydrogens (tertiary/aromatic N) is 4. The van der Waals surface area contributed by atoms with Crippen LogP contribution in [-0.4, -0.2) is 92.3 Å². The molecule has 2 aliphatic heterocycles. The molecular formula is C47H59N7O8S2. The summed E-state index contributed by atoms with van der Waals surface area (Å²) in [6, 6.07) is 12.1. The zero-order chi connectivity index (χ0) is 45.8. The van der Waals surface area contributed by atoms with Crippen LogP contribution in [-0.2, 0) is 29.1 Å². The Bertz CT molecular complexity index is 2610. The lowest BCUT2D eigenvalue weighted by Crippen LogP contribution is -2.58. The van der Waals surface area contributed by atoms with Gasteiger partial charge in [-0.15, -0.1) is 11.3 Å². The van der Waals surface area contributed by atoms with Crippen molar-refractivity contribution in [2.24, 2.45) is 5.92 Å². The normalized spacial score (nSPS) is 24.8. The van der Waals surface area contributed by atoms with Gasteiger partial charge in [0.1, 0.15) is 39.9 Å². The van der Waals surface area contributed by atoms with E-state index in [9.17, 15) is 27.6 Å². The molecule has 15 nitrogen and oxygen atoms in total. The summed E-state index contributed by atoms with van der Waals surface area (Å²) in [4.78, 5) is 68.2. The van der Waals surface area contributed by atoms with Crippen LogP contribution in [0, 0.1) is 12.8 Å². The van der Waals surface area contributed by atoms with Crippen molar-refractivity contribution in [1.82, 2.24) is 34.8 Å². The van der Waals surface area contributed by atoms with E-state index in [1.54, 1.807) is 27.7 Å². The second-order valence-corrected chi connectivity index (χ2v) is 22.3. The van der Waals surface area contributed by atoms with Crippen LogP contribution in [0.1, 0.15) is 111 Å². The van der Waals surface area contributed by atoms with Gasteiger partial charge < -0.3 is 25.0 Å². The molecule has 17 heteroatoms. The molecule has 0 radical (unpaired) electrons. The molecule has 0 spiro atoms. The number of benzene rings is 2. The Morgan fingerprint density at radius 1 is 1.02 bits per heavy atom. The third-order valence-electron chi connectivity index (χ3n) is 12.8. The molecule has 0 unspecified atom stereocenters. The summed E-state index contributed by atoms with van der Waals surface area (Å²) in [7, 11) is -4.01. The van der Waals surface area contributed by atoms with Crippen LogP contribution in [0.4, 0.5) is 4.79 Å². The number of imidazole rings is 1. The molecule has 2 saturated carbocycles. The summed E-state index contributed by atoms with van der Waals surface area (Å²) in [6.07, 6.45) is 6.58. The van der Waals surface area contributed by atoms with Crippen molar-refractivity contribution in [2.75, 3.05) is 6.54 Å². The molecule has 3 fully saturated rings. The number of alkyl carbamates (subject to hydrolysis) is 1. The van der Waals surface area contributed by atoms with E-state index in [2.05, 4.69) is 34.4 Å². The number of ether oxygens (including phenoxy) is 2. The number of allylic oxidation sites excluding steroid dienone is 1. The molecule has 4 amide bonds. The summed E-state index contributed by atoms with van der Waals surface area (Å²) < 4.78 is 42.1. The van der Waals surface area contributed by atoms with Crippen molar-refractivity contribution in [3.05, 3.63) is 65.6 Å². The maximum absolute atomic E-state index is 14.8. The highest BCUT2D eigenvalue weighted by atomic mass is 32.2. The fourth-order valence-corrected chi connectivity index (χ4v) is 10.9. The molecule has 2 aliphatic carbocycles. The highest BCUT2D eigenvalue weighted by Crippen LogP contribution is 2.48. The minimum atomic E-state index is -4.01. The SMILES string of the molecule is Cc1ccccc1-c1csc(-c2cccc3c2nc(O[C@@H]2C[C@H]4C(=O)N[C@]5(C(=O)NS(=O)(=O)C6(C)CC6)C[C@H]5C=CCCCCC[C@H](NC(=O)OC(C)(C)C)C(=O)N4C2)n3C(C)C)n1. The second kappa shape index (κ2) is 17.3. The number of fused-ring (bicyclic) bond motifs is 3. The van der Waals surface area contributed by atoms with Crippen molar-refractivity contribution < 1.29 is 37.1 Å². The number of hydrogen-bond acceptors (Lipinski definition) is 11. The predicted octanol–water partition coefficient (Wildman–Crippen LogP) is 7.35. The van der Waals surface area contributed by atoms with E-state index in [-0.39, 0.29) is 25.4 Å². The number of hydrogen-bond donors (Lipinski definition) is 3. The fraction of sp³-hybridized carbons (Fsp3) is 0.532. The van der Waals surface area contributed by atoms with Crippen LogP contribution in [0.3, 0.4) is 0 Å².